The van der Waals surface area contributed by atoms with Crippen molar-refractivity contribution in [1.82, 2.24) is 4.90 Å². The van der Waals surface area contributed by atoms with E-state index in [9.17, 15) is 9.90 Å². The topological polar surface area (TPSA) is 66.6 Å². The monoisotopic (exact) mass is 282 g/mol. The maximum absolute atomic E-state index is 11.0. The van der Waals surface area contributed by atoms with Crippen molar-refractivity contribution in [3.8, 4) is 0 Å². The highest BCUT2D eigenvalue weighted by atomic mass is 32.1. The zero-order valence-corrected chi connectivity index (χ0v) is 12.2. The summed E-state index contributed by atoms with van der Waals surface area (Å²) in [5.74, 6) is 0.0159. The molecule has 0 aromatic carbocycles. The molecule has 0 saturated heterocycles. The van der Waals surface area contributed by atoms with Gasteiger partial charge in [-0.15, -0.1) is 11.3 Å². The minimum absolute atomic E-state index is 0.152. The number of amides is 1. The summed E-state index contributed by atoms with van der Waals surface area (Å²) >= 11 is 1.56. The molecular formula is C14H22N2O2S. The van der Waals surface area contributed by atoms with Crippen molar-refractivity contribution in [1.29, 1.82) is 0 Å². The Hall–Kier alpha value is -0.910. The van der Waals surface area contributed by atoms with Crippen molar-refractivity contribution in [2.45, 2.75) is 38.3 Å². The van der Waals surface area contributed by atoms with Crippen molar-refractivity contribution in [2.75, 3.05) is 13.6 Å². The maximum atomic E-state index is 11.0. The molecule has 2 unspecified atom stereocenters. The molecule has 0 radical (unpaired) electrons. The highest BCUT2D eigenvalue weighted by Crippen LogP contribution is 2.25. The van der Waals surface area contributed by atoms with Crippen molar-refractivity contribution in [3.05, 3.63) is 21.9 Å². The molecule has 1 aliphatic rings. The van der Waals surface area contributed by atoms with Crippen molar-refractivity contribution in [2.24, 2.45) is 11.7 Å². The number of hydrogen-bond donors (Lipinski definition) is 2. The van der Waals surface area contributed by atoms with Gasteiger partial charge in [0.15, 0.2) is 0 Å². The standard InChI is InChI=1S/C14H22N2O2S/c1-16(7-10-4-2-3-5-13(10)17)8-12-6-11(9-19-12)14(15)18/h6,9-10,13,17H,2-5,7-8H2,1H3,(H2,15,18). The molecule has 0 aliphatic heterocycles. The van der Waals surface area contributed by atoms with Crippen molar-refractivity contribution in [3.63, 3.8) is 0 Å². The van der Waals surface area contributed by atoms with Crippen LogP contribution in [0, 0.1) is 5.92 Å². The fourth-order valence-corrected chi connectivity index (χ4v) is 3.68. The van der Waals surface area contributed by atoms with Crippen LogP contribution >= 0.6 is 11.3 Å². The van der Waals surface area contributed by atoms with Gasteiger partial charge in [0.2, 0.25) is 5.91 Å². The molecule has 1 aromatic heterocycles. The zero-order chi connectivity index (χ0) is 13.8. The highest BCUT2D eigenvalue weighted by Gasteiger charge is 2.24. The smallest absolute Gasteiger partial charge is 0.249 e. The lowest BCUT2D eigenvalue weighted by Crippen LogP contribution is -2.34. The van der Waals surface area contributed by atoms with Crippen LogP contribution in [0.3, 0.4) is 0 Å². The molecule has 1 heterocycles. The third-order valence-corrected chi connectivity index (χ3v) is 4.70. The molecule has 0 spiro atoms. The maximum Gasteiger partial charge on any atom is 0.249 e. The Kier molecular flexibility index (Phi) is 4.96. The summed E-state index contributed by atoms with van der Waals surface area (Å²) in [6.45, 7) is 1.71. The fraction of sp³-hybridized carbons (Fsp3) is 0.643. The molecule has 1 fully saturated rings. The summed E-state index contributed by atoms with van der Waals surface area (Å²) < 4.78 is 0. The Morgan fingerprint density at radius 3 is 2.89 bits per heavy atom. The number of carbonyl (C=O) groups is 1. The van der Waals surface area contributed by atoms with Crippen molar-refractivity contribution < 1.29 is 9.90 Å². The summed E-state index contributed by atoms with van der Waals surface area (Å²) in [5.41, 5.74) is 5.84. The second kappa shape index (κ2) is 6.50. The van der Waals surface area contributed by atoms with E-state index in [0.29, 0.717) is 11.5 Å². The predicted octanol–water partition coefficient (Wildman–Crippen LogP) is 1.83. The summed E-state index contributed by atoms with van der Waals surface area (Å²) in [5, 5.41) is 11.8. The van der Waals surface area contributed by atoms with Crippen LogP contribution in [0.2, 0.25) is 0 Å². The van der Waals surface area contributed by atoms with Gasteiger partial charge in [-0.2, -0.15) is 0 Å². The van der Waals surface area contributed by atoms with Crippen LogP contribution in [0.4, 0.5) is 0 Å². The number of hydrogen-bond acceptors (Lipinski definition) is 4. The van der Waals surface area contributed by atoms with Crippen LogP contribution in [0.1, 0.15) is 40.9 Å². The van der Waals surface area contributed by atoms with E-state index in [-0.39, 0.29) is 12.0 Å². The number of aliphatic hydroxyl groups excluding tert-OH is 1. The van der Waals surface area contributed by atoms with E-state index in [0.717, 1.165) is 37.2 Å². The number of primary amides is 1. The first-order valence-corrected chi connectivity index (χ1v) is 7.68. The first kappa shape index (κ1) is 14.5. The first-order chi connectivity index (χ1) is 9.06. The van der Waals surface area contributed by atoms with E-state index in [1.165, 1.54) is 6.42 Å². The third-order valence-electron chi connectivity index (χ3n) is 3.78. The Morgan fingerprint density at radius 1 is 1.53 bits per heavy atom. The highest BCUT2D eigenvalue weighted by molar-refractivity contribution is 7.10. The molecule has 19 heavy (non-hydrogen) atoms. The van der Waals surface area contributed by atoms with Gasteiger partial charge in [-0.1, -0.05) is 12.8 Å². The van der Waals surface area contributed by atoms with E-state index < -0.39 is 0 Å². The molecule has 1 saturated carbocycles. The van der Waals surface area contributed by atoms with E-state index >= 15 is 0 Å². The van der Waals surface area contributed by atoms with Crippen LogP contribution in [-0.4, -0.2) is 35.6 Å². The molecule has 1 aromatic rings. The van der Waals surface area contributed by atoms with Gasteiger partial charge in [0.25, 0.3) is 0 Å². The van der Waals surface area contributed by atoms with E-state index in [2.05, 4.69) is 11.9 Å². The Balaban J connectivity index is 1.85. The molecule has 5 heteroatoms. The molecule has 1 amide bonds. The van der Waals surface area contributed by atoms with Gasteiger partial charge >= 0.3 is 0 Å². The third kappa shape index (κ3) is 4.03. The predicted molar refractivity (Wildman–Crippen MR) is 77.1 cm³/mol. The van der Waals surface area contributed by atoms with Crippen LogP contribution < -0.4 is 5.73 Å². The van der Waals surface area contributed by atoms with Gasteiger partial charge in [-0.05, 0) is 31.9 Å². The summed E-state index contributed by atoms with van der Waals surface area (Å²) in [7, 11) is 2.06. The molecule has 4 nitrogen and oxygen atoms in total. The first-order valence-electron chi connectivity index (χ1n) is 6.80. The minimum atomic E-state index is -0.368. The SMILES string of the molecule is CN(Cc1cc(C(N)=O)cs1)CC1CCCCC1O. The molecule has 106 valence electrons. The van der Waals surface area contributed by atoms with Gasteiger partial charge in [0, 0.05) is 23.3 Å². The lowest BCUT2D eigenvalue weighted by molar-refractivity contribution is 0.0503. The molecule has 3 N–H and O–H groups in total. The normalized spacial score (nSPS) is 23.7. The van der Waals surface area contributed by atoms with E-state index in [1.54, 1.807) is 16.7 Å². The van der Waals surface area contributed by atoms with Gasteiger partial charge < -0.3 is 15.7 Å². The Labute approximate surface area is 118 Å². The van der Waals surface area contributed by atoms with Gasteiger partial charge in [0.05, 0.1) is 11.7 Å². The average Bonchev–Trinajstić information content (AvgIpc) is 2.80. The Morgan fingerprint density at radius 2 is 2.26 bits per heavy atom. The molecule has 0 bridgehead atoms. The number of rotatable bonds is 5. The lowest BCUT2D eigenvalue weighted by atomic mass is 9.86. The largest absolute Gasteiger partial charge is 0.393 e. The number of aliphatic hydroxyl groups is 1. The molecule has 1 aliphatic carbocycles. The van der Waals surface area contributed by atoms with Gasteiger partial charge in [-0.25, -0.2) is 0 Å². The van der Waals surface area contributed by atoms with Crippen LogP contribution in [-0.2, 0) is 6.54 Å². The van der Waals surface area contributed by atoms with Crippen LogP contribution in [0.5, 0.6) is 0 Å². The second-order valence-corrected chi connectivity index (χ2v) is 6.47. The van der Waals surface area contributed by atoms with E-state index in [4.69, 9.17) is 5.73 Å². The van der Waals surface area contributed by atoms with Crippen LogP contribution in [0.15, 0.2) is 11.4 Å². The average molecular weight is 282 g/mol. The molecule has 2 rings (SSSR count). The molecule has 2 atom stereocenters. The van der Waals surface area contributed by atoms with Crippen LogP contribution in [0.25, 0.3) is 0 Å². The molecular weight excluding hydrogens is 260 g/mol. The number of thiophene rings is 1. The van der Waals surface area contributed by atoms with E-state index in [1.807, 2.05) is 6.07 Å². The van der Waals surface area contributed by atoms with Crippen molar-refractivity contribution >= 4 is 17.2 Å². The quantitative estimate of drug-likeness (QED) is 0.866. The second-order valence-electron chi connectivity index (χ2n) is 5.47. The Bertz CT molecular complexity index is 433. The fourth-order valence-electron chi connectivity index (χ4n) is 2.72. The van der Waals surface area contributed by atoms with Gasteiger partial charge in [0.1, 0.15) is 0 Å². The van der Waals surface area contributed by atoms with Gasteiger partial charge in [-0.3, -0.25) is 4.79 Å². The lowest BCUT2D eigenvalue weighted by Gasteiger charge is -2.31. The summed E-state index contributed by atoms with van der Waals surface area (Å²) in [6.07, 6.45) is 4.27. The summed E-state index contributed by atoms with van der Waals surface area (Å²) in [6, 6.07) is 1.86. The number of nitrogens with two attached hydrogens (primary N) is 1. The zero-order valence-electron chi connectivity index (χ0n) is 11.3. The summed E-state index contributed by atoms with van der Waals surface area (Å²) in [4.78, 5) is 14.4. The minimum Gasteiger partial charge on any atom is -0.393 e. The number of carbonyl (C=O) groups excluding carboxylic acids is 1. The number of nitrogens with zero attached hydrogens (tertiary/aromatic N) is 1.